The van der Waals surface area contributed by atoms with Crippen LogP contribution in [-0.4, -0.2) is 23.0 Å². The number of carbonyl (C=O) groups excluding carboxylic acids is 1. The number of carbonyl (C=O) groups is 2. The Hall–Kier alpha value is -1.84. The summed E-state index contributed by atoms with van der Waals surface area (Å²) >= 11 is 0. The number of hydrogen-bond acceptors (Lipinski definition) is 2. The highest BCUT2D eigenvalue weighted by Gasteiger charge is 2.19. The Bertz CT molecular complexity index is 415. The van der Waals surface area contributed by atoms with Gasteiger partial charge >= 0.3 is 5.97 Å². The Morgan fingerprint density at radius 1 is 1.29 bits per heavy atom. The van der Waals surface area contributed by atoms with Crippen LogP contribution in [0.15, 0.2) is 24.3 Å². The van der Waals surface area contributed by atoms with Crippen LogP contribution in [-0.2, 0) is 11.2 Å². The van der Waals surface area contributed by atoms with Gasteiger partial charge in [0.15, 0.2) is 0 Å². The van der Waals surface area contributed by atoms with Crippen LogP contribution in [0.4, 0.5) is 0 Å². The third-order valence-corrected chi connectivity index (χ3v) is 2.65. The number of hydrogen-bond donors (Lipinski definition) is 2. The van der Waals surface area contributed by atoms with Gasteiger partial charge in [0.2, 0.25) is 0 Å². The molecular formula is C13H17NO3. The monoisotopic (exact) mass is 235 g/mol. The van der Waals surface area contributed by atoms with Gasteiger partial charge in [-0.25, -0.2) is 4.79 Å². The second-order valence-electron chi connectivity index (χ2n) is 3.78. The maximum absolute atomic E-state index is 11.9. The van der Waals surface area contributed by atoms with Crippen LogP contribution in [0.5, 0.6) is 0 Å². The van der Waals surface area contributed by atoms with Crippen molar-refractivity contribution in [3.8, 4) is 0 Å². The highest BCUT2D eigenvalue weighted by atomic mass is 16.4. The van der Waals surface area contributed by atoms with Gasteiger partial charge in [0.05, 0.1) is 0 Å². The van der Waals surface area contributed by atoms with Crippen molar-refractivity contribution in [3.63, 3.8) is 0 Å². The highest BCUT2D eigenvalue weighted by molar-refractivity contribution is 5.97. The zero-order valence-electron chi connectivity index (χ0n) is 10.1. The molecule has 0 bridgehead atoms. The summed E-state index contributed by atoms with van der Waals surface area (Å²) in [6.07, 6.45) is 1.11. The molecule has 0 radical (unpaired) electrons. The predicted octanol–water partition coefficient (Wildman–Crippen LogP) is 1.84. The lowest BCUT2D eigenvalue weighted by Crippen LogP contribution is -2.40. The van der Waals surface area contributed by atoms with E-state index in [1.165, 1.54) is 0 Å². The maximum Gasteiger partial charge on any atom is 0.326 e. The molecule has 0 saturated carbocycles. The molecule has 0 fully saturated rings. The fourth-order valence-electron chi connectivity index (χ4n) is 1.62. The van der Waals surface area contributed by atoms with Crippen LogP contribution in [0.3, 0.4) is 0 Å². The van der Waals surface area contributed by atoms with E-state index in [0.717, 1.165) is 12.0 Å². The van der Waals surface area contributed by atoms with Crippen molar-refractivity contribution in [1.82, 2.24) is 5.32 Å². The lowest BCUT2D eigenvalue weighted by molar-refractivity contribution is -0.139. The smallest absolute Gasteiger partial charge is 0.326 e. The summed E-state index contributed by atoms with van der Waals surface area (Å²) in [5.74, 6) is -1.33. The van der Waals surface area contributed by atoms with Crippen molar-refractivity contribution in [3.05, 3.63) is 35.4 Å². The van der Waals surface area contributed by atoms with E-state index in [9.17, 15) is 9.59 Å². The molecule has 4 nitrogen and oxygen atoms in total. The van der Waals surface area contributed by atoms with Crippen LogP contribution in [0.25, 0.3) is 0 Å². The van der Waals surface area contributed by atoms with Crippen LogP contribution < -0.4 is 5.32 Å². The molecule has 0 spiro atoms. The van der Waals surface area contributed by atoms with Crippen LogP contribution in [0.1, 0.15) is 36.2 Å². The number of rotatable bonds is 5. The van der Waals surface area contributed by atoms with Crippen molar-refractivity contribution in [2.75, 3.05) is 0 Å². The Morgan fingerprint density at radius 2 is 1.94 bits per heavy atom. The van der Waals surface area contributed by atoms with Gasteiger partial charge in [0, 0.05) is 5.56 Å². The van der Waals surface area contributed by atoms with Gasteiger partial charge in [-0.05, 0) is 24.5 Å². The molecule has 1 aromatic carbocycles. The molecule has 1 atom stereocenters. The van der Waals surface area contributed by atoms with E-state index in [4.69, 9.17) is 5.11 Å². The van der Waals surface area contributed by atoms with Crippen molar-refractivity contribution in [1.29, 1.82) is 0 Å². The lowest BCUT2D eigenvalue weighted by Gasteiger charge is -2.13. The molecule has 0 aliphatic rings. The molecule has 1 rings (SSSR count). The Morgan fingerprint density at radius 3 is 2.47 bits per heavy atom. The number of aryl methyl sites for hydroxylation is 1. The van der Waals surface area contributed by atoms with Gasteiger partial charge in [-0.3, -0.25) is 4.79 Å². The third-order valence-electron chi connectivity index (χ3n) is 2.65. The molecule has 0 saturated heterocycles. The normalized spacial score (nSPS) is 11.9. The summed E-state index contributed by atoms with van der Waals surface area (Å²) in [4.78, 5) is 22.8. The van der Waals surface area contributed by atoms with E-state index in [-0.39, 0.29) is 5.91 Å². The second kappa shape index (κ2) is 6.03. The molecule has 0 unspecified atom stereocenters. The van der Waals surface area contributed by atoms with Crippen molar-refractivity contribution in [2.24, 2.45) is 0 Å². The SMILES string of the molecule is CCc1ccccc1C(=O)N[C@@H](CC)C(=O)O. The number of benzene rings is 1. The van der Waals surface area contributed by atoms with Gasteiger partial charge in [-0.1, -0.05) is 32.0 Å². The van der Waals surface area contributed by atoms with Crippen LogP contribution in [0.2, 0.25) is 0 Å². The van der Waals surface area contributed by atoms with Crippen LogP contribution in [0, 0.1) is 0 Å². The molecule has 0 aliphatic carbocycles. The quantitative estimate of drug-likeness (QED) is 0.818. The third kappa shape index (κ3) is 3.31. The zero-order valence-corrected chi connectivity index (χ0v) is 10.1. The Labute approximate surface area is 101 Å². The van der Waals surface area contributed by atoms with Crippen molar-refractivity contribution in [2.45, 2.75) is 32.7 Å². The van der Waals surface area contributed by atoms with E-state index >= 15 is 0 Å². The first kappa shape index (κ1) is 13.2. The highest BCUT2D eigenvalue weighted by Crippen LogP contribution is 2.09. The molecule has 17 heavy (non-hydrogen) atoms. The molecule has 1 amide bonds. The topological polar surface area (TPSA) is 66.4 Å². The zero-order chi connectivity index (χ0) is 12.8. The van der Waals surface area contributed by atoms with Gasteiger partial charge in [-0.2, -0.15) is 0 Å². The van der Waals surface area contributed by atoms with E-state index in [1.807, 2.05) is 19.1 Å². The van der Waals surface area contributed by atoms with Gasteiger partial charge < -0.3 is 10.4 Å². The van der Waals surface area contributed by atoms with Crippen LogP contribution >= 0.6 is 0 Å². The maximum atomic E-state index is 11.9. The minimum atomic E-state index is -1.00. The summed E-state index contributed by atoms with van der Waals surface area (Å²) in [5, 5.41) is 11.4. The average molecular weight is 235 g/mol. The number of nitrogens with one attached hydrogen (secondary N) is 1. The van der Waals surface area contributed by atoms with Gasteiger partial charge in [-0.15, -0.1) is 0 Å². The standard InChI is InChI=1S/C13H17NO3/c1-3-9-7-5-6-8-10(9)12(15)14-11(4-2)13(16)17/h5-8,11H,3-4H2,1-2H3,(H,14,15)(H,16,17)/t11-/m0/s1. The molecule has 4 heteroatoms. The number of carboxylic acid groups (broad SMARTS) is 1. The molecule has 0 aliphatic heterocycles. The summed E-state index contributed by atoms with van der Waals surface area (Å²) in [6.45, 7) is 3.69. The molecule has 92 valence electrons. The summed E-state index contributed by atoms with van der Waals surface area (Å²) in [7, 11) is 0. The molecule has 0 heterocycles. The second-order valence-corrected chi connectivity index (χ2v) is 3.78. The number of carboxylic acids is 1. The van der Waals surface area contributed by atoms with E-state index in [1.54, 1.807) is 19.1 Å². The van der Waals surface area contributed by atoms with Crippen molar-refractivity contribution >= 4 is 11.9 Å². The fraction of sp³-hybridized carbons (Fsp3) is 0.385. The average Bonchev–Trinajstić information content (AvgIpc) is 2.35. The molecule has 2 N–H and O–H groups in total. The molecular weight excluding hydrogens is 218 g/mol. The summed E-state index contributed by atoms with van der Waals surface area (Å²) in [5.41, 5.74) is 1.47. The number of aliphatic carboxylic acids is 1. The lowest BCUT2D eigenvalue weighted by atomic mass is 10.0. The first-order chi connectivity index (χ1) is 8.10. The summed E-state index contributed by atoms with van der Waals surface area (Å²) < 4.78 is 0. The van der Waals surface area contributed by atoms with Gasteiger partial charge in [0.25, 0.3) is 5.91 Å². The first-order valence-electron chi connectivity index (χ1n) is 5.71. The Balaban J connectivity index is 2.86. The predicted molar refractivity (Wildman–Crippen MR) is 65.0 cm³/mol. The fourth-order valence-corrected chi connectivity index (χ4v) is 1.62. The minimum absolute atomic E-state index is 0.322. The van der Waals surface area contributed by atoms with E-state index in [0.29, 0.717) is 12.0 Å². The summed E-state index contributed by atoms with van der Waals surface area (Å²) in [6, 6.07) is 6.40. The van der Waals surface area contributed by atoms with Gasteiger partial charge in [0.1, 0.15) is 6.04 Å². The Kier molecular flexibility index (Phi) is 4.69. The largest absolute Gasteiger partial charge is 0.480 e. The number of amides is 1. The van der Waals surface area contributed by atoms with Crippen molar-refractivity contribution < 1.29 is 14.7 Å². The minimum Gasteiger partial charge on any atom is -0.480 e. The molecule has 0 aromatic heterocycles. The van der Waals surface area contributed by atoms with E-state index in [2.05, 4.69) is 5.32 Å². The molecule has 1 aromatic rings. The van der Waals surface area contributed by atoms with E-state index < -0.39 is 12.0 Å². The first-order valence-corrected chi connectivity index (χ1v) is 5.71.